The molecule has 0 aromatic heterocycles. The van der Waals surface area contributed by atoms with Crippen LogP contribution in [0.25, 0.3) is 6.08 Å². The Morgan fingerprint density at radius 3 is 2.45 bits per heavy atom. The van der Waals surface area contributed by atoms with Crippen LogP contribution < -0.4 is 4.74 Å². The first-order valence-corrected chi connectivity index (χ1v) is 7.02. The third-order valence-electron chi connectivity index (χ3n) is 3.00. The van der Waals surface area contributed by atoms with E-state index in [1.54, 1.807) is 37.5 Å². The lowest BCUT2D eigenvalue weighted by atomic mass is 10.1. The Morgan fingerprint density at radius 1 is 1.15 bits per heavy atom. The van der Waals surface area contributed by atoms with Crippen molar-refractivity contribution >= 4 is 27.8 Å². The summed E-state index contributed by atoms with van der Waals surface area (Å²) in [7, 11) is 1.60. The minimum Gasteiger partial charge on any atom is -0.497 e. The average molecular weight is 331 g/mol. The number of benzene rings is 2. The Kier molecular flexibility index (Phi) is 4.74. The molecule has 2 aromatic rings. The fourth-order valence-electron chi connectivity index (χ4n) is 1.74. The van der Waals surface area contributed by atoms with E-state index in [0.29, 0.717) is 5.56 Å². The number of ketones is 1. The van der Waals surface area contributed by atoms with E-state index in [-0.39, 0.29) is 5.78 Å². The summed E-state index contributed by atoms with van der Waals surface area (Å²) in [5.41, 5.74) is 2.81. The van der Waals surface area contributed by atoms with Crippen LogP contribution in [-0.2, 0) is 0 Å². The fraction of sp³-hybridized carbons (Fsp3) is 0.118. The van der Waals surface area contributed by atoms with Crippen molar-refractivity contribution < 1.29 is 9.53 Å². The summed E-state index contributed by atoms with van der Waals surface area (Å²) in [4.78, 5) is 12.0. The van der Waals surface area contributed by atoms with E-state index in [2.05, 4.69) is 15.9 Å². The maximum Gasteiger partial charge on any atom is 0.185 e. The molecule has 2 nitrogen and oxygen atoms in total. The summed E-state index contributed by atoms with van der Waals surface area (Å²) < 4.78 is 6.11. The summed E-state index contributed by atoms with van der Waals surface area (Å²) in [6, 6.07) is 13.1. The average Bonchev–Trinajstić information content (AvgIpc) is 2.48. The molecule has 0 radical (unpaired) electrons. The molecule has 2 rings (SSSR count). The first-order valence-electron chi connectivity index (χ1n) is 6.23. The van der Waals surface area contributed by atoms with Crippen LogP contribution in [0.3, 0.4) is 0 Å². The molecule has 0 aliphatic rings. The van der Waals surface area contributed by atoms with Gasteiger partial charge in [0.15, 0.2) is 5.78 Å². The standard InChI is InChI=1S/C17H15BrO2/c1-12-3-4-13(11-16(12)18)5-10-17(19)14-6-8-15(20-2)9-7-14/h3-11H,1-2H3/b10-5+. The molecule has 0 saturated heterocycles. The SMILES string of the molecule is COc1ccc(C(=O)/C=C/c2ccc(C)c(Br)c2)cc1. The molecule has 0 fully saturated rings. The lowest BCUT2D eigenvalue weighted by molar-refractivity contribution is 0.104. The quantitative estimate of drug-likeness (QED) is 0.601. The zero-order valence-electron chi connectivity index (χ0n) is 11.4. The number of carbonyl (C=O) groups excluding carboxylic acids is 1. The monoisotopic (exact) mass is 330 g/mol. The number of halogens is 1. The fourth-order valence-corrected chi connectivity index (χ4v) is 2.13. The van der Waals surface area contributed by atoms with E-state index in [4.69, 9.17) is 4.74 Å². The number of methoxy groups -OCH3 is 1. The molecule has 102 valence electrons. The van der Waals surface area contributed by atoms with Gasteiger partial charge in [-0.3, -0.25) is 4.79 Å². The Balaban J connectivity index is 2.13. The van der Waals surface area contributed by atoms with Crippen molar-refractivity contribution in [3.63, 3.8) is 0 Å². The third-order valence-corrected chi connectivity index (χ3v) is 3.85. The highest BCUT2D eigenvalue weighted by atomic mass is 79.9. The van der Waals surface area contributed by atoms with Crippen molar-refractivity contribution in [1.29, 1.82) is 0 Å². The van der Waals surface area contributed by atoms with Gasteiger partial charge in [-0.25, -0.2) is 0 Å². The topological polar surface area (TPSA) is 26.3 Å². The molecular weight excluding hydrogens is 316 g/mol. The molecule has 0 aliphatic carbocycles. The highest BCUT2D eigenvalue weighted by Gasteiger charge is 2.02. The van der Waals surface area contributed by atoms with E-state index in [9.17, 15) is 4.79 Å². The van der Waals surface area contributed by atoms with Gasteiger partial charge < -0.3 is 4.74 Å². The second-order valence-corrected chi connectivity index (χ2v) is 5.29. The van der Waals surface area contributed by atoms with Gasteiger partial charge in [0.2, 0.25) is 0 Å². The number of carbonyl (C=O) groups is 1. The van der Waals surface area contributed by atoms with Crippen LogP contribution in [0, 0.1) is 6.92 Å². The number of ether oxygens (including phenoxy) is 1. The largest absolute Gasteiger partial charge is 0.497 e. The summed E-state index contributed by atoms with van der Waals surface area (Å²) in [5, 5.41) is 0. The smallest absolute Gasteiger partial charge is 0.185 e. The first kappa shape index (κ1) is 14.5. The van der Waals surface area contributed by atoms with Crippen molar-refractivity contribution in [2.24, 2.45) is 0 Å². The van der Waals surface area contributed by atoms with Crippen LogP contribution in [-0.4, -0.2) is 12.9 Å². The van der Waals surface area contributed by atoms with Gasteiger partial charge in [-0.05, 0) is 54.5 Å². The van der Waals surface area contributed by atoms with Gasteiger partial charge in [-0.1, -0.05) is 34.1 Å². The highest BCUT2D eigenvalue weighted by molar-refractivity contribution is 9.10. The van der Waals surface area contributed by atoms with Crippen LogP contribution in [0.1, 0.15) is 21.5 Å². The molecule has 0 heterocycles. The molecule has 0 unspecified atom stereocenters. The van der Waals surface area contributed by atoms with Gasteiger partial charge in [0.1, 0.15) is 5.75 Å². The van der Waals surface area contributed by atoms with Gasteiger partial charge >= 0.3 is 0 Å². The molecule has 0 saturated carbocycles. The van der Waals surface area contributed by atoms with Crippen LogP contribution in [0.5, 0.6) is 5.75 Å². The van der Waals surface area contributed by atoms with E-state index >= 15 is 0 Å². The van der Waals surface area contributed by atoms with Crippen LogP contribution in [0.2, 0.25) is 0 Å². The van der Waals surface area contributed by atoms with Crippen LogP contribution in [0.4, 0.5) is 0 Å². The predicted octanol–water partition coefficient (Wildman–Crippen LogP) is 4.66. The van der Waals surface area contributed by atoms with Gasteiger partial charge in [0.25, 0.3) is 0 Å². The number of hydrogen-bond acceptors (Lipinski definition) is 2. The van der Waals surface area contributed by atoms with Gasteiger partial charge in [-0.15, -0.1) is 0 Å². The van der Waals surface area contributed by atoms with Gasteiger partial charge in [0, 0.05) is 10.0 Å². The molecule has 0 atom stereocenters. The Morgan fingerprint density at radius 2 is 1.85 bits per heavy atom. The maximum atomic E-state index is 12.0. The highest BCUT2D eigenvalue weighted by Crippen LogP contribution is 2.18. The summed E-state index contributed by atoms with van der Waals surface area (Å²) in [6.07, 6.45) is 3.40. The zero-order chi connectivity index (χ0) is 14.5. The molecular formula is C17H15BrO2. The molecule has 0 spiro atoms. The van der Waals surface area contributed by atoms with Crippen molar-refractivity contribution in [2.45, 2.75) is 6.92 Å². The molecule has 0 N–H and O–H groups in total. The number of hydrogen-bond donors (Lipinski definition) is 0. The van der Waals surface area contributed by atoms with E-state index in [1.165, 1.54) is 5.56 Å². The minimum atomic E-state index is -0.0237. The maximum absolute atomic E-state index is 12.0. The molecule has 20 heavy (non-hydrogen) atoms. The molecule has 0 aliphatic heterocycles. The Hall–Kier alpha value is -1.87. The third kappa shape index (κ3) is 3.58. The number of rotatable bonds is 4. The van der Waals surface area contributed by atoms with Crippen molar-refractivity contribution in [3.8, 4) is 5.75 Å². The molecule has 0 bridgehead atoms. The molecule has 2 aromatic carbocycles. The predicted molar refractivity (Wildman–Crippen MR) is 85.2 cm³/mol. The van der Waals surface area contributed by atoms with Crippen molar-refractivity contribution in [1.82, 2.24) is 0 Å². The Bertz CT molecular complexity index is 643. The van der Waals surface area contributed by atoms with E-state index in [1.807, 2.05) is 31.2 Å². The summed E-state index contributed by atoms with van der Waals surface area (Å²) in [5.74, 6) is 0.720. The summed E-state index contributed by atoms with van der Waals surface area (Å²) >= 11 is 3.48. The van der Waals surface area contributed by atoms with Gasteiger partial charge in [0.05, 0.1) is 7.11 Å². The number of allylic oxidation sites excluding steroid dienone is 1. The van der Waals surface area contributed by atoms with Crippen molar-refractivity contribution in [2.75, 3.05) is 7.11 Å². The molecule has 3 heteroatoms. The van der Waals surface area contributed by atoms with Crippen LogP contribution >= 0.6 is 15.9 Å². The molecule has 0 amide bonds. The van der Waals surface area contributed by atoms with Gasteiger partial charge in [-0.2, -0.15) is 0 Å². The van der Waals surface area contributed by atoms with Crippen LogP contribution in [0.15, 0.2) is 53.0 Å². The Labute approximate surface area is 127 Å². The lowest BCUT2D eigenvalue weighted by Gasteiger charge is -2.01. The van der Waals surface area contributed by atoms with E-state index < -0.39 is 0 Å². The van der Waals surface area contributed by atoms with Crippen molar-refractivity contribution in [3.05, 3.63) is 69.7 Å². The lowest BCUT2D eigenvalue weighted by Crippen LogP contribution is -1.94. The zero-order valence-corrected chi connectivity index (χ0v) is 13.0. The minimum absolute atomic E-state index is 0.0237. The second-order valence-electron chi connectivity index (χ2n) is 4.43. The normalized spacial score (nSPS) is 10.8. The summed E-state index contributed by atoms with van der Waals surface area (Å²) in [6.45, 7) is 2.03. The second kappa shape index (κ2) is 6.53. The van der Waals surface area contributed by atoms with E-state index in [0.717, 1.165) is 15.8 Å². The first-order chi connectivity index (χ1) is 9.60. The number of aryl methyl sites for hydroxylation is 1.